The summed E-state index contributed by atoms with van der Waals surface area (Å²) in [5.41, 5.74) is 3.71. The summed E-state index contributed by atoms with van der Waals surface area (Å²) in [6, 6.07) is 34.2. The van der Waals surface area contributed by atoms with E-state index in [9.17, 15) is 4.79 Å². The van der Waals surface area contributed by atoms with Gasteiger partial charge in [-0.1, -0.05) is 120 Å². The number of hydrogen-bond acceptors (Lipinski definition) is 7. The molecule has 0 amide bonds. The lowest BCUT2D eigenvalue weighted by Gasteiger charge is -2.45. The minimum Gasteiger partial charge on any atom is -0.497 e. The van der Waals surface area contributed by atoms with Gasteiger partial charge in [0.1, 0.15) is 29.1 Å². The van der Waals surface area contributed by atoms with Gasteiger partial charge in [-0.15, -0.1) is 0 Å². The topological polar surface area (TPSA) is 72.5 Å². The molecule has 0 aliphatic carbocycles. The molecule has 0 radical (unpaired) electrons. The number of carbonyl (C=O) groups excluding carboxylic acids is 1. The van der Waals surface area contributed by atoms with Crippen LogP contribution in [0.4, 0.5) is 0 Å². The maximum Gasteiger partial charge on any atom is 0.192 e. The Morgan fingerprint density at radius 3 is 1.66 bits per heavy atom. The average molecular weight is 807 g/mol. The van der Waals surface area contributed by atoms with Crippen LogP contribution in [0.25, 0.3) is 0 Å². The van der Waals surface area contributed by atoms with E-state index in [1.54, 1.807) is 21.3 Å². The van der Waals surface area contributed by atoms with Gasteiger partial charge in [0.05, 0.1) is 46.8 Å². The molecule has 0 saturated carbocycles. The summed E-state index contributed by atoms with van der Waals surface area (Å²) in [4.78, 5) is 13.0. The molecule has 312 valence electrons. The molecule has 0 unspecified atom stereocenters. The van der Waals surface area contributed by atoms with Crippen molar-refractivity contribution in [3.8, 4) is 17.2 Å². The van der Waals surface area contributed by atoms with E-state index in [4.69, 9.17) is 28.1 Å². The number of allylic oxidation sites excluding steroid dienone is 3. The van der Waals surface area contributed by atoms with Crippen molar-refractivity contribution in [2.24, 2.45) is 17.8 Å². The first-order valence-electron chi connectivity index (χ1n) is 20.3. The van der Waals surface area contributed by atoms with Crippen molar-refractivity contribution in [1.82, 2.24) is 0 Å². The normalized spacial score (nSPS) is 15.3. The van der Waals surface area contributed by atoms with Crippen LogP contribution in [0.3, 0.4) is 0 Å². The summed E-state index contributed by atoms with van der Waals surface area (Å²) in [6.45, 7) is 20.1. The molecular weight excluding hydrogens is 741 g/mol. The van der Waals surface area contributed by atoms with E-state index < -0.39 is 38.0 Å². The molecule has 8 heteroatoms. The van der Waals surface area contributed by atoms with Gasteiger partial charge in [-0.25, -0.2) is 0 Å². The van der Waals surface area contributed by atoms with E-state index in [1.807, 2.05) is 80.6 Å². The molecule has 0 bridgehead atoms. The molecule has 0 aliphatic heterocycles. The predicted molar refractivity (Wildman–Crippen MR) is 238 cm³/mol. The lowest BCUT2D eigenvalue weighted by Crippen LogP contribution is -2.51. The molecule has 0 heterocycles. The van der Waals surface area contributed by atoms with Gasteiger partial charge in [0.25, 0.3) is 0 Å². The van der Waals surface area contributed by atoms with E-state index >= 15 is 0 Å². The van der Waals surface area contributed by atoms with E-state index in [-0.39, 0.29) is 24.2 Å². The second kappa shape index (κ2) is 21.0. The van der Waals surface area contributed by atoms with Crippen LogP contribution in [0.1, 0.15) is 70.7 Å². The Morgan fingerprint density at radius 2 is 1.21 bits per heavy atom. The van der Waals surface area contributed by atoms with Gasteiger partial charge in [0, 0.05) is 11.8 Å². The van der Waals surface area contributed by atoms with Crippen LogP contribution < -0.4 is 14.2 Å². The first kappa shape index (κ1) is 46.2. The summed E-state index contributed by atoms with van der Waals surface area (Å²) in [5.74, 6) is 1.47. The minimum absolute atomic E-state index is 0.0957. The van der Waals surface area contributed by atoms with Gasteiger partial charge in [0.2, 0.25) is 0 Å². The molecule has 0 fully saturated rings. The molecule has 4 rings (SSSR count). The Balaban J connectivity index is 2.01. The Morgan fingerprint density at radius 1 is 0.724 bits per heavy atom. The summed E-state index contributed by atoms with van der Waals surface area (Å²) in [5, 5.41) is -0.0957. The molecule has 0 aliphatic rings. The van der Waals surface area contributed by atoms with Crippen molar-refractivity contribution in [2.45, 2.75) is 91.0 Å². The van der Waals surface area contributed by atoms with Gasteiger partial charge < -0.3 is 32.9 Å². The fourth-order valence-electron chi connectivity index (χ4n) is 7.19. The number of benzene rings is 4. The van der Waals surface area contributed by atoms with E-state index in [2.05, 4.69) is 102 Å². The summed E-state index contributed by atoms with van der Waals surface area (Å²) in [6.07, 6.45) is 6.48. The third-order valence-corrected chi connectivity index (χ3v) is 16.0. The minimum atomic E-state index is -2.44. The zero-order chi connectivity index (χ0) is 42.5. The van der Waals surface area contributed by atoms with Crippen molar-refractivity contribution in [1.29, 1.82) is 0 Å². The van der Waals surface area contributed by atoms with E-state index in [1.165, 1.54) is 0 Å². The summed E-state index contributed by atoms with van der Waals surface area (Å²) >= 11 is 0. The maximum absolute atomic E-state index is 13.0. The maximum atomic E-state index is 13.0. The highest BCUT2D eigenvalue weighted by molar-refractivity contribution is 6.74. The Kier molecular flexibility index (Phi) is 16.7. The molecule has 0 spiro atoms. The molecule has 4 aromatic rings. The highest BCUT2D eigenvalue weighted by Gasteiger charge is 2.46. The second-order valence-corrected chi connectivity index (χ2v) is 21.4. The Bertz CT molecular complexity index is 1850. The molecule has 0 aromatic heterocycles. The molecule has 0 N–H and O–H groups in total. The standard InChI is InChI=1S/C50H66O7Si/c1-13-17-36(2)32-37(3)48(57-58(11,12)49(5,6)7)46(47(38(4)33-51)55-34-39-20-26-43(52-8)27-21-39)35-56-50(40-18-15-14-16-19-40,41-22-28-44(53-9)29-23-41)42-24-30-45(54-10)31-25-42/h13-33,36,38,46-48H,34-35H2,1-12H3/b17-13-,37-32+/t36-,38+,46-,47+,48+/m0/s1. The summed E-state index contributed by atoms with van der Waals surface area (Å²) in [7, 11) is 2.55. The molecule has 7 nitrogen and oxygen atoms in total. The quantitative estimate of drug-likeness (QED) is 0.0359. The third kappa shape index (κ3) is 11.4. The van der Waals surface area contributed by atoms with Crippen molar-refractivity contribution < 1.29 is 32.9 Å². The van der Waals surface area contributed by atoms with Gasteiger partial charge in [-0.05, 0) is 102 Å². The number of hydrogen-bond donors (Lipinski definition) is 0. The van der Waals surface area contributed by atoms with Crippen molar-refractivity contribution in [3.05, 3.63) is 149 Å². The van der Waals surface area contributed by atoms with Gasteiger partial charge in [-0.2, -0.15) is 0 Å². The van der Waals surface area contributed by atoms with Crippen LogP contribution in [0, 0.1) is 17.8 Å². The van der Waals surface area contributed by atoms with Crippen LogP contribution in [-0.2, 0) is 30.9 Å². The lowest BCUT2D eigenvalue weighted by molar-refractivity contribution is -0.128. The van der Waals surface area contributed by atoms with Crippen LogP contribution >= 0.6 is 0 Å². The first-order valence-corrected chi connectivity index (χ1v) is 23.2. The second-order valence-electron chi connectivity index (χ2n) is 16.7. The molecule has 58 heavy (non-hydrogen) atoms. The first-order chi connectivity index (χ1) is 27.6. The predicted octanol–water partition coefficient (Wildman–Crippen LogP) is 11.6. The third-order valence-electron chi connectivity index (χ3n) is 11.5. The zero-order valence-electron chi connectivity index (χ0n) is 36.8. The van der Waals surface area contributed by atoms with Crippen LogP contribution in [0.15, 0.2) is 127 Å². The zero-order valence-corrected chi connectivity index (χ0v) is 37.8. The largest absolute Gasteiger partial charge is 0.497 e. The smallest absolute Gasteiger partial charge is 0.192 e. The molecule has 5 atom stereocenters. The fourth-order valence-corrected chi connectivity index (χ4v) is 8.54. The molecule has 4 aromatic carbocycles. The van der Waals surface area contributed by atoms with Gasteiger partial charge >= 0.3 is 0 Å². The van der Waals surface area contributed by atoms with Crippen LogP contribution in [-0.4, -0.2) is 54.7 Å². The average Bonchev–Trinajstić information content (AvgIpc) is 3.22. The number of aldehydes is 1. The van der Waals surface area contributed by atoms with Crippen LogP contribution in [0.5, 0.6) is 17.2 Å². The van der Waals surface area contributed by atoms with Crippen molar-refractivity contribution >= 4 is 14.6 Å². The van der Waals surface area contributed by atoms with Gasteiger partial charge in [0.15, 0.2) is 8.32 Å². The highest BCUT2D eigenvalue weighted by atomic mass is 28.4. The van der Waals surface area contributed by atoms with E-state index in [0.29, 0.717) is 0 Å². The number of carbonyl (C=O) groups is 1. The highest BCUT2D eigenvalue weighted by Crippen LogP contribution is 2.45. The van der Waals surface area contributed by atoms with Crippen molar-refractivity contribution in [3.63, 3.8) is 0 Å². The van der Waals surface area contributed by atoms with E-state index in [0.717, 1.165) is 51.4 Å². The Hall–Kier alpha value is -4.47. The number of ether oxygens (including phenoxy) is 5. The fraction of sp³-hybridized carbons (Fsp3) is 0.420. The lowest BCUT2D eigenvalue weighted by atomic mass is 9.79. The van der Waals surface area contributed by atoms with Crippen LogP contribution in [0.2, 0.25) is 18.1 Å². The number of methoxy groups -OCH3 is 3. The SMILES string of the molecule is C/C=C\[C@H](C)/C=C(\C)[C@@H](O[Si](C)(C)C(C)(C)C)[C@@H](COC(c1ccccc1)(c1ccc(OC)cc1)c1ccc(OC)cc1)[C@H](OCc1ccc(OC)cc1)[C@H](C)C=O. The monoisotopic (exact) mass is 806 g/mol. The number of rotatable bonds is 21. The molecule has 0 saturated heterocycles. The van der Waals surface area contributed by atoms with Gasteiger partial charge in [-0.3, -0.25) is 0 Å². The summed E-state index contributed by atoms with van der Waals surface area (Å²) < 4.78 is 38.8. The Labute approximate surface area is 349 Å². The molecular formula is C50H66O7Si. The van der Waals surface area contributed by atoms with Crippen molar-refractivity contribution in [2.75, 3.05) is 27.9 Å².